The van der Waals surface area contributed by atoms with Gasteiger partial charge in [0.1, 0.15) is 5.82 Å². The molecule has 5 nitrogen and oxygen atoms in total. The normalized spacial score (nSPS) is 16.5. The number of rotatable bonds is 5. The van der Waals surface area contributed by atoms with Crippen LogP contribution in [0.2, 0.25) is 0 Å². The topological polar surface area (TPSA) is 76.2 Å². The van der Waals surface area contributed by atoms with Crippen LogP contribution >= 0.6 is 24.0 Å². The van der Waals surface area contributed by atoms with E-state index in [0.717, 1.165) is 29.9 Å². The number of hydrogen-bond donors (Lipinski definition) is 2. The van der Waals surface area contributed by atoms with Crippen molar-refractivity contribution in [2.45, 2.75) is 50.9 Å². The molecule has 1 heterocycles. The van der Waals surface area contributed by atoms with Gasteiger partial charge in [-0.3, -0.25) is 4.99 Å². The van der Waals surface area contributed by atoms with Crippen LogP contribution in [0.25, 0.3) is 0 Å². The summed E-state index contributed by atoms with van der Waals surface area (Å²) in [6, 6.07) is 6.41. The Morgan fingerprint density at radius 1 is 1.15 bits per heavy atom. The summed E-state index contributed by atoms with van der Waals surface area (Å²) < 4.78 is 0. The summed E-state index contributed by atoms with van der Waals surface area (Å²) in [5.41, 5.74) is 11.1. The van der Waals surface area contributed by atoms with Gasteiger partial charge in [-0.15, -0.1) is 24.0 Å². The van der Waals surface area contributed by atoms with E-state index in [9.17, 15) is 0 Å². The first-order valence-corrected chi connectivity index (χ1v) is 9.28. The highest BCUT2D eigenvalue weighted by molar-refractivity contribution is 14.0. The van der Waals surface area contributed by atoms with E-state index in [1.165, 1.54) is 43.2 Å². The summed E-state index contributed by atoms with van der Waals surface area (Å²) in [6.45, 7) is 0.639. The van der Waals surface area contributed by atoms with Crippen molar-refractivity contribution in [2.24, 2.45) is 10.7 Å². The zero-order valence-corrected chi connectivity index (χ0v) is 17.3. The third-order valence-corrected chi connectivity index (χ3v) is 5.01. The molecule has 2 aliphatic carbocycles. The van der Waals surface area contributed by atoms with E-state index in [-0.39, 0.29) is 24.0 Å². The number of fused-ring (bicyclic) bond motifs is 1. The number of halogens is 1. The van der Waals surface area contributed by atoms with Crippen LogP contribution in [-0.4, -0.2) is 22.5 Å². The molecule has 0 aliphatic heterocycles. The molecule has 4 rings (SSSR count). The van der Waals surface area contributed by atoms with Gasteiger partial charge in [-0.1, -0.05) is 12.1 Å². The number of benzene rings is 1. The number of nitrogens with zero attached hydrogens (tertiary/aromatic N) is 3. The quantitative estimate of drug-likeness (QED) is 0.402. The second-order valence-corrected chi connectivity index (χ2v) is 7.02. The fourth-order valence-electron chi connectivity index (χ4n) is 3.43. The van der Waals surface area contributed by atoms with E-state index >= 15 is 0 Å². The number of anilines is 1. The summed E-state index contributed by atoms with van der Waals surface area (Å²) in [5, 5.41) is 3.29. The van der Waals surface area contributed by atoms with Gasteiger partial charge in [-0.25, -0.2) is 9.97 Å². The minimum atomic E-state index is 0. The molecule has 0 unspecified atom stereocenters. The molecule has 1 saturated carbocycles. The molecule has 3 N–H and O–H groups in total. The SMILES string of the molecule is I.NC(=NCCc1cnc(C2CC2)nc1)Nc1cccc2c1CCCC2. The molecular formula is C20H26IN5. The van der Waals surface area contributed by atoms with Crippen molar-refractivity contribution < 1.29 is 0 Å². The van der Waals surface area contributed by atoms with Gasteiger partial charge in [0.15, 0.2) is 5.96 Å². The van der Waals surface area contributed by atoms with Crippen LogP contribution in [0.4, 0.5) is 5.69 Å². The molecule has 1 fully saturated rings. The molecule has 1 aromatic carbocycles. The Hall–Kier alpha value is -1.70. The number of nitrogens with one attached hydrogen (secondary N) is 1. The fraction of sp³-hybridized carbons (Fsp3) is 0.450. The van der Waals surface area contributed by atoms with Crippen LogP contribution in [-0.2, 0) is 19.3 Å². The summed E-state index contributed by atoms with van der Waals surface area (Å²) in [5.74, 6) is 2.07. The predicted molar refractivity (Wildman–Crippen MR) is 116 cm³/mol. The third-order valence-electron chi connectivity index (χ3n) is 5.01. The van der Waals surface area contributed by atoms with Gasteiger partial charge < -0.3 is 11.1 Å². The number of guanidine groups is 1. The summed E-state index contributed by atoms with van der Waals surface area (Å²) in [7, 11) is 0. The van der Waals surface area contributed by atoms with Gasteiger partial charge in [0.2, 0.25) is 0 Å². The highest BCUT2D eigenvalue weighted by Gasteiger charge is 2.26. The molecule has 0 saturated heterocycles. The van der Waals surface area contributed by atoms with Gasteiger partial charge in [0, 0.05) is 30.5 Å². The molecule has 0 atom stereocenters. The minimum Gasteiger partial charge on any atom is -0.370 e. The van der Waals surface area contributed by atoms with Crippen molar-refractivity contribution >= 4 is 35.6 Å². The van der Waals surface area contributed by atoms with Gasteiger partial charge in [0.25, 0.3) is 0 Å². The predicted octanol–water partition coefficient (Wildman–Crippen LogP) is 3.82. The molecule has 138 valence electrons. The number of hydrogen-bond acceptors (Lipinski definition) is 3. The number of aromatic nitrogens is 2. The van der Waals surface area contributed by atoms with Crippen LogP contribution in [0.5, 0.6) is 0 Å². The monoisotopic (exact) mass is 463 g/mol. The first-order chi connectivity index (χ1) is 12.3. The first-order valence-electron chi connectivity index (χ1n) is 9.28. The van der Waals surface area contributed by atoms with Crippen LogP contribution in [0.15, 0.2) is 35.6 Å². The molecule has 2 aliphatic rings. The molecule has 1 aromatic heterocycles. The molecule has 6 heteroatoms. The Labute approximate surface area is 171 Å². The second-order valence-electron chi connectivity index (χ2n) is 7.02. The Balaban J connectivity index is 0.00000196. The minimum absolute atomic E-state index is 0. The lowest BCUT2D eigenvalue weighted by molar-refractivity contribution is 0.687. The lowest BCUT2D eigenvalue weighted by Gasteiger charge is -2.19. The summed E-state index contributed by atoms with van der Waals surface area (Å²) in [4.78, 5) is 13.4. The molecule has 2 aromatic rings. The largest absolute Gasteiger partial charge is 0.370 e. The zero-order valence-electron chi connectivity index (χ0n) is 14.9. The highest BCUT2D eigenvalue weighted by Crippen LogP contribution is 2.37. The smallest absolute Gasteiger partial charge is 0.193 e. The van der Waals surface area contributed by atoms with Crippen molar-refractivity contribution in [3.8, 4) is 0 Å². The highest BCUT2D eigenvalue weighted by atomic mass is 127. The van der Waals surface area contributed by atoms with Crippen LogP contribution < -0.4 is 11.1 Å². The van der Waals surface area contributed by atoms with E-state index in [2.05, 4.69) is 38.5 Å². The maximum absolute atomic E-state index is 6.08. The number of aliphatic imine (C=N–C) groups is 1. The van der Waals surface area contributed by atoms with Crippen LogP contribution in [0.1, 0.15) is 54.1 Å². The van der Waals surface area contributed by atoms with E-state index in [0.29, 0.717) is 18.4 Å². The van der Waals surface area contributed by atoms with E-state index in [1.807, 2.05) is 12.4 Å². The standard InChI is InChI=1S/C20H25N5.HI/c21-20(25-18-7-3-5-15-4-1-2-6-17(15)18)22-11-10-14-12-23-19(24-13-14)16-8-9-16;/h3,5,7,12-13,16H,1-2,4,6,8-11H2,(H3,21,22,25);1H. The van der Waals surface area contributed by atoms with Crippen molar-refractivity contribution in [3.05, 3.63) is 53.1 Å². The van der Waals surface area contributed by atoms with Crippen LogP contribution in [0, 0.1) is 0 Å². The maximum Gasteiger partial charge on any atom is 0.193 e. The molecule has 26 heavy (non-hydrogen) atoms. The maximum atomic E-state index is 6.08. The fourth-order valence-corrected chi connectivity index (χ4v) is 3.43. The van der Waals surface area contributed by atoms with Crippen LogP contribution in [0.3, 0.4) is 0 Å². The molecule has 0 bridgehead atoms. The lowest BCUT2D eigenvalue weighted by atomic mass is 9.90. The Morgan fingerprint density at radius 3 is 2.69 bits per heavy atom. The Morgan fingerprint density at radius 2 is 1.92 bits per heavy atom. The second kappa shape index (κ2) is 8.79. The Kier molecular flexibility index (Phi) is 6.45. The Bertz CT molecular complexity index is 768. The summed E-state index contributed by atoms with van der Waals surface area (Å²) >= 11 is 0. The van der Waals surface area contributed by atoms with E-state index in [1.54, 1.807) is 0 Å². The average molecular weight is 463 g/mol. The third kappa shape index (κ3) is 4.72. The lowest BCUT2D eigenvalue weighted by Crippen LogP contribution is -2.24. The van der Waals surface area contributed by atoms with Gasteiger partial charge in [-0.05, 0) is 67.7 Å². The zero-order chi connectivity index (χ0) is 17.1. The average Bonchev–Trinajstić information content (AvgIpc) is 3.48. The van der Waals surface area contributed by atoms with Gasteiger partial charge in [-0.2, -0.15) is 0 Å². The van der Waals surface area contributed by atoms with Crippen molar-refractivity contribution in [3.63, 3.8) is 0 Å². The van der Waals surface area contributed by atoms with E-state index < -0.39 is 0 Å². The molecule has 0 spiro atoms. The van der Waals surface area contributed by atoms with Gasteiger partial charge >= 0.3 is 0 Å². The summed E-state index contributed by atoms with van der Waals surface area (Å²) in [6.07, 6.45) is 11.9. The number of nitrogens with two attached hydrogens (primary N) is 1. The van der Waals surface area contributed by atoms with Crippen molar-refractivity contribution in [1.29, 1.82) is 0 Å². The molecular weight excluding hydrogens is 437 g/mol. The molecule has 0 amide bonds. The van der Waals surface area contributed by atoms with Crippen molar-refractivity contribution in [1.82, 2.24) is 9.97 Å². The van der Waals surface area contributed by atoms with Crippen molar-refractivity contribution in [2.75, 3.05) is 11.9 Å². The molecule has 0 radical (unpaired) electrons. The first kappa shape index (κ1) is 19.1. The number of aryl methyl sites for hydroxylation is 1. The van der Waals surface area contributed by atoms with Gasteiger partial charge in [0.05, 0.1) is 0 Å². The van der Waals surface area contributed by atoms with E-state index in [4.69, 9.17) is 5.73 Å².